The van der Waals surface area contributed by atoms with Crippen molar-refractivity contribution in [1.82, 2.24) is 9.71 Å². The maximum Gasteiger partial charge on any atom is 0.266 e. The van der Waals surface area contributed by atoms with E-state index in [9.17, 15) is 14.5 Å². The summed E-state index contributed by atoms with van der Waals surface area (Å²) in [7, 11) is 0. The summed E-state index contributed by atoms with van der Waals surface area (Å²) in [5.74, 6) is 2.31. The maximum absolute atomic E-state index is 12.1. The Labute approximate surface area is 233 Å². The van der Waals surface area contributed by atoms with Crippen molar-refractivity contribution in [3.63, 3.8) is 0 Å². The molecule has 1 aromatic carbocycles. The Bertz CT molecular complexity index is 1240. The lowest BCUT2D eigenvalue weighted by Crippen LogP contribution is -2.22. The molecule has 1 aliphatic heterocycles. The van der Waals surface area contributed by atoms with Crippen molar-refractivity contribution in [2.24, 2.45) is 0 Å². The molecular formula is C30H36N2O6S. The highest BCUT2D eigenvalue weighted by Gasteiger charge is 2.37. The first kappa shape index (κ1) is 28.7. The molecule has 4 rings (SSSR count). The fraction of sp³-hybridized carbons (Fsp3) is 0.400. The van der Waals surface area contributed by atoms with E-state index in [-0.39, 0.29) is 23.7 Å². The van der Waals surface area contributed by atoms with Gasteiger partial charge < -0.3 is 23.9 Å². The minimum atomic E-state index is -1.39. The Morgan fingerprint density at radius 2 is 2.00 bits per heavy atom. The Morgan fingerprint density at radius 3 is 2.67 bits per heavy atom. The van der Waals surface area contributed by atoms with E-state index >= 15 is 0 Å². The zero-order valence-corrected chi connectivity index (χ0v) is 23.5. The molecular weight excluding hydrogens is 516 g/mol. The van der Waals surface area contributed by atoms with E-state index in [1.54, 1.807) is 19.9 Å². The summed E-state index contributed by atoms with van der Waals surface area (Å²) < 4.78 is 32.6. The quantitative estimate of drug-likeness (QED) is 0.413. The van der Waals surface area contributed by atoms with Crippen LogP contribution in [0.2, 0.25) is 0 Å². The maximum atomic E-state index is 12.1. The van der Waals surface area contributed by atoms with Crippen molar-refractivity contribution >= 4 is 17.3 Å². The van der Waals surface area contributed by atoms with Crippen LogP contribution in [0.25, 0.3) is 0 Å². The monoisotopic (exact) mass is 552 g/mol. The van der Waals surface area contributed by atoms with E-state index in [1.807, 2.05) is 55.5 Å². The van der Waals surface area contributed by atoms with Crippen LogP contribution >= 0.6 is 0 Å². The Balaban J connectivity index is 1.31. The summed E-state index contributed by atoms with van der Waals surface area (Å²) in [6.07, 6.45) is 8.75. The Morgan fingerprint density at radius 1 is 1.23 bits per heavy atom. The minimum Gasteiger partial charge on any atom is -0.593 e. The van der Waals surface area contributed by atoms with E-state index in [4.69, 9.17) is 14.2 Å². The molecule has 0 bridgehead atoms. The van der Waals surface area contributed by atoms with Gasteiger partial charge in [0.15, 0.2) is 5.25 Å². The predicted octanol–water partition coefficient (Wildman–Crippen LogP) is 5.16. The number of carbonyl (C=O) groups excluding carboxylic acids is 1. The average Bonchev–Trinajstić information content (AvgIpc) is 3.25. The second-order valence-corrected chi connectivity index (χ2v) is 11.8. The number of rotatable bonds is 9. The van der Waals surface area contributed by atoms with Crippen LogP contribution in [0.5, 0.6) is 17.4 Å². The van der Waals surface area contributed by atoms with Gasteiger partial charge in [0.2, 0.25) is 5.88 Å². The highest BCUT2D eigenvalue weighted by atomic mass is 32.2. The molecule has 9 heteroatoms. The topological polar surface area (TPSA) is 113 Å². The van der Waals surface area contributed by atoms with Crippen molar-refractivity contribution in [3.8, 4) is 17.4 Å². The molecule has 2 aromatic rings. The molecule has 39 heavy (non-hydrogen) atoms. The fourth-order valence-corrected chi connectivity index (χ4v) is 5.35. The predicted molar refractivity (Wildman–Crippen MR) is 151 cm³/mol. The minimum absolute atomic E-state index is 0.0517. The molecule has 2 unspecified atom stereocenters. The first-order chi connectivity index (χ1) is 18.6. The van der Waals surface area contributed by atoms with Gasteiger partial charge in [-0.3, -0.25) is 4.79 Å². The van der Waals surface area contributed by atoms with Crippen LogP contribution in [0.1, 0.15) is 62.5 Å². The van der Waals surface area contributed by atoms with Gasteiger partial charge in [0.05, 0.1) is 35.7 Å². The van der Waals surface area contributed by atoms with Crippen LogP contribution < -0.4 is 18.9 Å². The molecule has 2 heterocycles. The average molecular weight is 553 g/mol. The summed E-state index contributed by atoms with van der Waals surface area (Å²) in [5, 5.41) is 9.52. The number of benzene rings is 1. The van der Waals surface area contributed by atoms with E-state index < -0.39 is 17.0 Å². The molecule has 208 valence electrons. The number of allylic oxidation sites excluding steroid dienone is 3. The molecule has 1 aliphatic carbocycles. The first-order valence-electron chi connectivity index (χ1n) is 13.1. The lowest BCUT2D eigenvalue weighted by Gasteiger charge is -2.19. The normalized spacial score (nSPS) is 24.0. The van der Waals surface area contributed by atoms with E-state index in [0.29, 0.717) is 42.5 Å². The van der Waals surface area contributed by atoms with Crippen molar-refractivity contribution < 1.29 is 28.7 Å². The summed E-state index contributed by atoms with van der Waals surface area (Å²) in [6, 6.07) is 11.1. The molecule has 2 aliphatic rings. The van der Waals surface area contributed by atoms with Crippen LogP contribution in [0.3, 0.4) is 0 Å². The fourth-order valence-electron chi connectivity index (χ4n) is 4.19. The third-order valence-corrected chi connectivity index (χ3v) is 7.88. The third kappa shape index (κ3) is 8.36. The molecule has 3 atom stereocenters. The number of amides is 1. The smallest absolute Gasteiger partial charge is 0.266 e. The highest BCUT2D eigenvalue weighted by Crippen LogP contribution is 2.32. The molecule has 1 amide bonds. The molecule has 1 aromatic heterocycles. The number of ether oxygens (including phenoxy) is 3. The van der Waals surface area contributed by atoms with Gasteiger partial charge in [-0.05, 0) is 63.5 Å². The number of aryl methyl sites for hydroxylation is 1. The van der Waals surface area contributed by atoms with E-state index in [1.165, 1.54) is 0 Å². The number of pyridine rings is 1. The Kier molecular flexibility index (Phi) is 9.37. The lowest BCUT2D eigenvalue weighted by molar-refractivity contribution is -0.118. The highest BCUT2D eigenvalue weighted by molar-refractivity contribution is 7.90. The van der Waals surface area contributed by atoms with E-state index in [2.05, 4.69) is 16.3 Å². The van der Waals surface area contributed by atoms with Gasteiger partial charge in [-0.1, -0.05) is 30.9 Å². The molecule has 1 saturated heterocycles. The molecule has 0 saturated carbocycles. The van der Waals surface area contributed by atoms with Gasteiger partial charge in [0.25, 0.3) is 5.91 Å². The first-order valence-corrected chi connectivity index (χ1v) is 14.3. The van der Waals surface area contributed by atoms with Crippen LogP contribution in [0, 0.1) is 6.92 Å². The standard InChI is InChI=1S/C30H36N2O6S/c1-20-9-12-23(37-24-13-10-22(11-14-24)27-19-28(33)32-39(27)35)7-5-6-8-25(20)38-26-15-16-29(31-21(26)2)36-18-17-30(3,4)34/h5-6,8,10-11,13-16,23,27,34H,1,7,9,12,17-19H2,2-4H3,(H,32,33)/b6-5-,25-8+/t23-,27?,39?/m0/s1. The number of hydrogen-bond acceptors (Lipinski definition) is 7. The van der Waals surface area contributed by atoms with Gasteiger partial charge in [-0.25, -0.2) is 4.98 Å². The Hall–Kier alpha value is -3.27. The van der Waals surface area contributed by atoms with Crippen LogP contribution in [0.15, 0.2) is 72.5 Å². The van der Waals surface area contributed by atoms with Gasteiger partial charge >= 0.3 is 0 Å². The third-order valence-electron chi connectivity index (χ3n) is 6.49. The second kappa shape index (κ2) is 12.7. The number of carbonyl (C=O) groups is 1. The SMILES string of the molecule is C=C1CC[C@@H](Oc2ccc(C3CC(=O)N[S+]3[O-])cc2)C/C=C\C=C/1Oc1ccc(OCCC(C)(C)O)nc1C. The lowest BCUT2D eigenvalue weighted by atomic mass is 10.1. The zero-order chi connectivity index (χ0) is 28.0. The molecule has 8 nitrogen and oxygen atoms in total. The van der Waals surface area contributed by atoms with Gasteiger partial charge in [-0.2, -0.15) is 4.72 Å². The number of aromatic nitrogens is 1. The molecule has 0 radical (unpaired) electrons. The van der Waals surface area contributed by atoms with Crippen LogP contribution in [-0.4, -0.2) is 38.9 Å². The summed E-state index contributed by atoms with van der Waals surface area (Å²) in [5.41, 5.74) is 1.62. The van der Waals surface area contributed by atoms with Crippen LogP contribution in [0.4, 0.5) is 0 Å². The number of aliphatic hydroxyl groups is 1. The van der Waals surface area contributed by atoms with E-state index in [0.717, 1.165) is 29.7 Å². The van der Waals surface area contributed by atoms with Crippen molar-refractivity contribution in [1.29, 1.82) is 0 Å². The molecule has 2 N–H and O–H groups in total. The summed E-state index contributed by atoms with van der Waals surface area (Å²) in [4.78, 5) is 16.0. The van der Waals surface area contributed by atoms with Gasteiger partial charge in [-0.15, -0.1) is 0 Å². The van der Waals surface area contributed by atoms with Gasteiger partial charge in [0.1, 0.15) is 23.4 Å². The van der Waals surface area contributed by atoms with Crippen molar-refractivity contribution in [2.75, 3.05) is 6.61 Å². The van der Waals surface area contributed by atoms with Crippen LogP contribution in [-0.2, 0) is 16.2 Å². The number of hydrogen-bond donors (Lipinski definition) is 2. The molecule has 0 spiro atoms. The largest absolute Gasteiger partial charge is 0.593 e. The number of nitrogens with one attached hydrogen (secondary N) is 1. The van der Waals surface area contributed by atoms with Crippen molar-refractivity contribution in [3.05, 3.63) is 83.8 Å². The number of nitrogens with zero attached hydrogens (tertiary/aromatic N) is 1. The second-order valence-electron chi connectivity index (χ2n) is 10.4. The summed E-state index contributed by atoms with van der Waals surface area (Å²) >= 11 is -1.39. The summed E-state index contributed by atoms with van der Waals surface area (Å²) in [6.45, 7) is 9.96. The molecule has 1 fully saturated rings. The zero-order valence-electron chi connectivity index (χ0n) is 22.6. The van der Waals surface area contributed by atoms with Crippen molar-refractivity contribution in [2.45, 2.75) is 69.8 Å². The van der Waals surface area contributed by atoms with Gasteiger partial charge in [0, 0.05) is 24.5 Å².